The minimum atomic E-state index is -4.62. The van der Waals surface area contributed by atoms with Crippen LogP contribution >= 0.6 is 0 Å². The van der Waals surface area contributed by atoms with Gasteiger partial charge in [0.1, 0.15) is 5.54 Å². The third-order valence-electron chi connectivity index (χ3n) is 6.52. The van der Waals surface area contributed by atoms with Crippen LogP contribution in [0, 0.1) is 6.92 Å². The first-order valence-electron chi connectivity index (χ1n) is 11.6. The van der Waals surface area contributed by atoms with E-state index in [1.165, 1.54) is 24.0 Å². The summed E-state index contributed by atoms with van der Waals surface area (Å²) < 4.78 is 40.5. The molecule has 1 fully saturated rings. The second kappa shape index (κ2) is 9.73. The van der Waals surface area contributed by atoms with Gasteiger partial charge in [-0.15, -0.1) is 0 Å². The number of nitrogens with one attached hydrogen (secondary N) is 1. The number of urea groups is 1. The maximum atomic E-state index is 13.5. The standard InChI is InChI=1S/C27H26F3N5O3/c1-16-8-13-20(14-21(16)27(28,29)30)35-24(36)26(2,3)34(25(35)37)15-18-6-4-5-7-22(18)32-19-11-9-17(10-12-19)23(31)33-38/h4-14,32,38H,15H2,1-3H3,(H2,31,33). The lowest BCUT2D eigenvalue weighted by molar-refractivity contribution is -0.138. The van der Waals surface area contributed by atoms with Gasteiger partial charge in [0.15, 0.2) is 5.84 Å². The number of carbonyl (C=O) groups excluding carboxylic acids is 2. The Balaban J connectivity index is 1.63. The lowest BCUT2D eigenvalue weighted by Crippen LogP contribution is -2.43. The van der Waals surface area contributed by atoms with Crippen LogP contribution in [-0.2, 0) is 17.5 Å². The van der Waals surface area contributed by atoms with Crippen molar-refractivity contribution in [3.05, 3.63) is 89.0 Å². The summed E-state index contributed by atoms with van der Waals surface area (Å²) in [4.78, 5) is 28.9. The Bertz CT molecular complexity index is 1420. The molecule has 8 nitrogen and oxygen atoms in total. The van der Waals surface area contributed by atoms with Crippen molar-refractivity contribution in [3.63, 3.8) is 0 Å². The van der Waals surface area contributed by atoms with Crippen LogP contribution < -0.4 is 16.0 Å². The van der Waals surface area contributed by atoms with Crippen molar-refractivity contribution in [2.24, 2.45) is 10.9 Å². The Labute approximate surface area is 217 Å². The number of oxime groups is 1. The van der Waals surface area contributed by atoms with Crippen molar-refractivity contribution < 1.29 is 28.0 Å². The molecule has 3 aromatic rings. The minimum absolute atomic E-state index is 0.00386. The van der Waals surface area contributed by atoms with E-state index in [-0.39, 0.29) is 23.6 Å². The molecular formula is C27H26F3N5O3. The molecule has 198 valence electrons. The number of nitrogens with two attached hydrogens (primary N) is 1. The number of carbonyl (C=O) groups is 2. The van der Waals surface area contributed by atoms with Crippen molar-refractivity contribution in [1.82, 2.24) is 4.90 Å². The highest BCUT2D eigenvalue weighted by molar-refractivity contribution is 6.23. The fourth-order valence-electron chi connectivity index (χ4n) is 4.27. The first kappa shape index (κ1) is 26.5. The normalized spacial score (nSPS) is 15.8. The molecule has 0 atom stereocenters. The van der Waals surface area contributed by atoms with Gasteiger partial charge in [-0.2, -0.15) is 13.2 Å². The van der Waals surface area contributed by atoms with Gasteiger partial charge in [0, 0.05) is 16.9 Å². The molecule has 4 rings (SSSR count). The van der Waals surface area contributed by atoms with E-state index < -0.39 is 29.2 Å². The van der Waals surface area contributed by atoms with E-state index in [1.807, 2.05) is 0 Å². The Hall–Kier alpha value is -4.54. The average molecular weight is 526 g/mol. The molecule has 0 saturated carbocycles. The summed E-state index contributed by atoms with van der Waals surface area (Å²) in [5, 5.41) is 15.1. The fourth-order valence-corrected chi connectivity index (χ4v) is 4.27. The predicted molar refractivity (Wildman–Crippen MR) is 137 cm³/mol. The van der Waals surface area contributed by atoms with E-state index in [0.717, 1.165) is 11.0 Å². The van der Waals surface area contributed by atoms with Crippen LogP contribution in [0.2, 0.25) is 0 Å². The zero-order valence-electron chi connectivity index (χ0n) is 20.9. The Kier molecular flexibility index (Phi) is 6.79. The van der Waals surface area contributed by atoms with Crippen LogP contribution in [0.25, 0.3) is 0 Å². The van der Waals surface area contributed by atoms with Crippen molar-refractivity contribution in [1.29, 1.82) is 0 Å². The topological polar surface area (TPSA) is 111 Å². The molecule has 1 aliphatic rings. The van der Waals surface area contributed by atoms with Gasteiger partial charge in [-0.1, -0.05) is 29.4 Å². The highest BCUT2D eigenvalue weighted by atomic mass is 19.4. The summed E-state index contributed by atoms with van der Waals surface area (Å²) in [5.41, 5.74) is 5.82. The van der Waals surface area contributed by atoms with E-state index in [0.29, 0.717) is 22.5 Å². The van der Waals surface area contributed by atoms with Gasteiger partial charge in [-0.3, -0.25) is 4.79 Å². The number of aryl methyl sites for hydroxylation is 1. The average Bonchev–Trinajstić information content (AvgIpc) is 3.04. The molecule has 1 heterocycles. The summed E-state index contributed by atoms with van der Waals surface area (Å²) in [5.74, 6) is -0.652. The zero-order valence-corrected chi connectivity index (χ0v) is 20.9. The van der Waals surface area contributed by atoms with Crippen molar-refractivity contribution in [3.8, 4) is 0 Å². The molecule has 3 amide bonds. The molecular weight excluding hydrogens is 499 g/mol. The molecule has 0 radical (unpaired) electrons. The Morgan fingerprint density at radius 3 is 2.34 bits per heavy atom. The van der Waals surface area contributed by atoms with E-state index >= 15 is 0 Å². The zero-order chi connectivity index (χ0) is 27.8. The van der Waals surface area contributed by atoms with E-state index in [1.54, 1.807) is 62.4 Å². The third kappa shape index (κ3) is 4.86. The number of amides is 3. The number of amidine groups is 1. The fraction of sp³-hybridized carbons (Fsp3) is 0.222. The first-order valence-corrected chi connectivity index (χ1v) is 11.6. The van der Waals surface area contributed by atoms with Gasteiger partial charge in [0.2, 0.25) is 0 Å². The van der Waals surface area contributed by atoms with Crippen LogP contribution in [-0.4, -0.2) is 33.4 Å². The van der Waals surface area contributed by atoms with Gasteiger partial charge >= 0.3 is 12.2 Å². The van der Waals surface area contributed by atoms with Crippen LogP contribution in [0.4, 0.5) is 35.0 Å². The van der Waals surface area contributed by atoms with Crippen LogP contribution in [0.15, 0.2) is 71.9 Å². The van der Waals surface area contributed by atoms with E-state index in [9.17, 15) is 22.8 Å². The molecule has 0 bridgehead atoms. The van der Waals surface area contributed by atoms with Gasteiger partial charge in [0.25, 0.3) is 5.91 Å². The van der Waals surface area contributed by atoms with E-state index in [4.69, 9.17) is 10.9 Å². The number of hydrogen-bond acceptors (Lipinski definition) is 5. The maximum absolute atomic E-state index is 13.5. The summed E-state index contributed by atoms with van der Waals surface area (Å²) >= 11 is 0. The van der Waals surface area contributed by atoms with Crippen molar-refractivity contribution in [2.75, 3.05) is 10.2 Å². The summed E-state index contributed by atoms with van der Waals surface area (Å²) in [7, 11) is 0. The number of rotatable bonds is 6. The second-order valence-corrected chi connectivity index (χ2v) is 9.41. The molecule has 1 saturated heterocycles. The van der Waals surface area contributed by atoms with Crippen molar-refractivity contribution >= 4 is 34.8 Å². The molecule has 0 unspecified atom stereocenters. The number of para-hydroxylation sites is 1. The lowest BCUT2D eigenvalue weighted by Gasteiger charge is -2.28. The number of halogens is 3. The third-order valence-corrected chi connectivity index (χ3v) is 6.52. The SMILES string of the molecule is Cc1ccc(N2C(=O)N(Cc3ccccc3Nc3ccc(/C(N)=N/O)cc3)C(C)(C)C2=O)cc1C(F)(F)F. The summed E-state index contributed by atoms with van der Waals surface area (Å²) in [6.07, 6.45) is -4.62. The Morgan fingerprint density at radius 2 is 1.71 bits per heavy atom. The molecule has 38 heavy (non-hydrogen) atoms. The Morgan fingerprint density at radius 1 is 1.05 bits per heavy atom. The number of benzene rings is 3. The van der Waals surface area contributed by atoms with Gasteiger partial charge in [-0.05, 0) is 74.4 Å². The summed E-state index contributed by atoms with van der Waals surface area (Å²) in [6.45, 7) is 4.47. The molecule has 1 aliphatic heterocycles. The summed E-state index contributed by atoms with van der Waals surface area (Å²) in [6, 6.07) is 16.7. The lowest BCUT2D eigenvalue weighted by atomic mass is 10.0. The smallest absolute Gasteiger partial charge is 0.409 e. The van der Waals surface area contributed by atoms with Gasteiger partial charge < -0.3 is 21.2 Å². The quantitative estimate of drug-likeness (QED) is 0.128. The molecule has 0 aromatic heterocycles. The molecule has 0 spiro atoms. The predicted octanol–water partition coefficient (Wildman–Crippen LogP) is 5.60. The van der Waals surface area contributed by atoms with Crippen LogP contribution in [0.1, 0.15) is 36.1 Å². The number of hydrogen-bond donors (Lipinski definition) is 3. The molecule has 4 N–H and O–H groups in total. The van der Waals surface area contributed by atoms with Gasteiger partial charge in [0.05, 0.1) is 17.8 Å². The second-order valence-electron chi connectivity index (χ2n) is 9.41. The number of alkyl halides is 3. The van der Waals surface area contributed by atoms with Gasteiger partial charge in [-0.25, -0.2) is 9.69 Å². The van der Waals surface area contributed by atoms with Crippen LogP contribution in [0.3, 0.4) is 0 Å². The number of anilines is 3. The highest BCUT2D eigenvalue weighted by Gasteiger charge is 2.52. The highest BCUT2D eigenvalue weighted by Crippen LogP contribution is 2.38. The first-order chi connectivity index (χ1) is 17.8. The maximum Gasteiger partial charge on any atom is 0.416 e. The molecule has 0 aliphatic carbocycles. The van der Waals surface area contributed by atoms with Crippen LogP contribution in [0.5, 0.6) is 0 Å². The monoisotopic (exact) mass is 525 g/mol. The molecule has 3 aromatic carbocycles. The molecule has 11 heteroatoms. The van der Waals surface area contributed by atoms with Crippen molar-refractivity contribution in [2.45, 2.75) is 39.0 Å². The number of nitrogens with zero attached hydrogens (tertiary/aromatic N) is 3. The number of imide groups is 1. The van der Waals surface area contributed by atoms with E-state index in [2.05, 4.69) is 10.5 Å². The minimum Gasteiger partial charge on any atom is -0.409 e. The largest absolute Gasteiger partial charge is 0.416 e.